The van der Waals surface area contributed by atoms with E-state index in [2.05, 4.69) is 15.0 Å². The van der Waals surface area contributed by atoms with Gasteiger partial charge in [-0.3, -0.25) is 9.78 Å². The van der Waals surface area contributed by atoms with Gasteiger partial charge in [-0.25, -0.2) is 9.98 Å². The predicted molar refractivity (Wildman–Crippen MR) is 131 cm³/mol. The van der Waals surface area contributed by atoms with Crippen LogP contribution in [0.4, 0.5) is 11.6 Å². The third-order valence-corrected chi connectivity index (χ3v) is 5.20. The predicted octanol–water partition coefficient (Wildman–Crippen LogP) is 3.97. The third-order valence-electron chi connectivity index (χ3n) is 5.20. The van der Waals surface area contributed by atoms with Gasteiger partial charge in [0, 0.05) is 39.0 Å². The molecular weight excluding hydrogens is 406 g/mol. The van der Waals surface area contributed by atoms with Crippen molar-refractivity contribution >= 4 is 34.5 Å². The Bertz CT molecular complexity index is 1240. The van der Waals surface area contributed by atoms with E-state index in [-0.39, 0.29) is 5.56 Å². The van der Waals surface area contributed by atoms with E-state index in [1.807, 2.05) is 76.4 Å². The second-order valence-electron chi connectivity index (χ2n) is 7.60. The third kappa shape index (κ3) is 4.74. The lowest BCUT2D eigenvalue weighted by atomic mass is 10.1. The van der Waals surface area contributed by atoms with Crippen molar-refractivity contribution in [3.05, 3.63) is 58.0 Å². The van der Waals surface area contributed by atoms with E-state index in [4.69, 9.17) is 9.47 Å². The Labute approximate surface area is 187 Å². The number of methoxy groups -OCH3 is 2. The molecule has 0 unspecified atom stereocenters. The Kier molecular flexibility index (Phi) is 6.82. The Hall–Kier alpha value is -3.81. The highest BCUT2D eigenvalue weighted by molar-refractivity contribution is 5.87. The Morgan fingerprint density at radius 2 is 1.91 bits per heavy atom. The van der Waals surface area contributed by atoms with Gasteiger partial charge >= 0.3 is 0 Å². The number of amidine groups is 1. The molecule has 0 fully saturated rings. The minimum Gasteiger partial charge on any atom is -0.493 e. The molecule has 0 radical (unpaired) electrons. The van der Waals surface area contributed by atoms with E-state index in [1.54, 1.807) is 25.2 Å². The highest BCUT2D eigenvalue weighted by atomic mass is 16.5. The summed E-state index contributed by atoms with van der Waals surface area (Å²) in [6, 6.07) is 9.62. The van der Waals surface area contributed by atoms with E-state index in [9.17, 15) is 4.79 Å². The monoisotopic (exact) mass is 435 g/mol. The number of anilines is 1. The largest absolute Gasteiger partial charge is 0.493 e. The number of aryl methyl sites for hydroxylation is 1. The SMILES string of the molecule is COc1cc2nc(N(C)C=Cc3cccc(N=C(C)N(C)C)c3)[nH]c(=O)c2c(C)c1OC. The highest BCUT2D eigenvalue weighted by Gasteiger charge is 2.16. The molecule has 0 bridgehead atoms. The first-order valence-corrected chi connectivity index (χ1v) is 10.1. The molecule has 2 aromatic carbocycles. The van der Waals surface area contributed by atoms with Gasteiger partial charge in [-0.15, -0.1) is 0 Å². The van der Waals surface area contributed by atoms with Crippen LogP contribution in [0.15, 0.2) is 46.3 Å². The zero-order chi connectivity index (χ0) is 23.4. The molecule has 3 rings (SSSR count). The fraction of sp³-hybridized carbons (Fsp3) is 0.292. The van der Waals surface area contributed by atoms with Crippen molar-refractivity contribution in [1.29, 1.82) is 0 Å². The lowest BCUT2D eigenvalue weighted by molar-refractivity contribution is 0.354. The number of benzene rings is 2. The molecule has 0 saturated heterocycles. The summed E-state index contributed by atoms with van der Waals surface area (Å²) < 4.78 is 10.8. The molecule has 8 heteroatoms. The molecule has 1 N–H and O–H groups in total. The summed E-state index contributed by atoms with van der Waals surface area (Å²) in [7, 11) is 8.86. The molecule has 1 heterocycles. The van der Waals surface area contributed by atoms with Crippen molar-refractivity contribution in [3.8, 4) is 11.5 Å². The Morgan fingerprint density at radius 3 is 2.56 bits per heavy atom. The lowest BCUT2D eigenvalue weighted by Crippen LogP contribution is -2.19. The summed E-state index contributed by atoms with van der Waals surface area (Å²) in [5.74, 6) is 2.40. The van der Waals surface area contributed by atoms with Crippen LogP contribution in [0.2, 0.25) is 0 Å². The summed E-state index contributed by atoms with van der Waals surface area (Å²) in [6.45, 7) is 3.78. The summed E-state index contributed by atoms with van der Waals surface area (Å²) >= 11 is 0. The van der Waals surface area contributed by atoms with Crippen molar-refractivity contribution in [1.82, 2.24) is 14.9 Å². The van der Waals surface area contributed by atoms with Crippen LogP contribution >= 0.6 is 0 Å². The van der Waals surface area contributed by atoms with Gasteiger partial charge in [0.1, 0.15) is 5.84 Å². The smallest absolute Gasteiger partial charge is 0.260 e. The number of aliphatic imine (C=N–C) groups is 1. The molecule has 0 aliphatic rings. The number of nitrogens with one attached hydrogen (secondary N) is 1. The highest BCUT2D eigenvalue weighted by Crippen LogP contribution is 2.35. The zero-order valence-corrected chi connectivity index (χ0v) is 19.6. The molecule has 0 aliphatic carbocycles. The number of ether oxygens (including phenoxy) is 2. The number of aromatic amines is 1. The zero-order valence-electron chi connectivity index (χ0n) is 19.6. The number of H-pyrrole nitrogens is 1. The maximum atomic E-state index is 12.8. The summed E-state index contributed by atoms with van der Waals surface area (Å²) in [4.78, 5) is 28.6. The Morgan fingerprint density at radius 1 is 1.16 bits per heavy atom. The van der Waals surface area contributed by atoms with Gasteiger partial charge in [0.05, 0.1) is 30.8 Å². The van der Waals surface area contributed by atoms with Crippen molar-refractivity contribution in [3.63, 3.8) is 0 Å². The fourth-order valence-corrected chi connectivity index (χ4v) is 3.26. The number of hydrogen-bond acceptors (Lipinski definition) is 6. The van der Waals surface area contributed by atoms with E-state index in [0.29, 0.717) is 33.9 Å². The van der Waals surface area contributed by atoms with Crippen LogP contribution in [0, 0.1) is 6.92 Å². The fourth-order valence-electron chi connectivity index (χ4n) is 3.26. The number of hydrogen-bond donors (Lipinski definition) is 1. The van der Waals surface area contributed by atoms with Crippen molar-refractivity contribution in [2.24, 2.45) is 4.99 Å². The van der Waals surface area contributed by atoms with Crippen molar-refractivity contribution in [2.75, 3.05) is 40.3 Å². The quantitative estimate of drug-likeness (QED) is 0.466. The minimum atomic E-state index is -0.237. The van der Waals surface area contributed by atoms with Crippen LogP contribution in [-0.4, -0.2) is 56.1 Å². The van der Waals surface area contributed by atoms with E-state index in [1.165, 1.54) is 0 Å². The van der Waals surface area contributed by atoms with Crippen LogP contribution in [0.1, 0.15) is 18.1 Å². The summed E-state index contributed by atoms with van der Waals surface area (Å²) in [5, 5.41) is 0.477. The maximum Gasteiger partial charge on any atom is 0.260 e. The first kappa shape index (κ1) is 22.9. The minimum absolute atomic E-state index is 0.237. The molecule has 0 aliphatic heterocycles. The first-order chi connectivity index (χ1) is 15.2. The molecule has 0 atom stereocenters. The molecule has 0 spiro atoms. The van der Waals surface area contributed by atoms with Gasteiger partial charge in [0.2, 0.25) is 5.95 Å². The Balaban J connectivity index is 1.94. The topological polar surface area (TPSA) is 83.0 Å². The standard InChI is InChI=1S/C24H29N5O3/c1-15-21-19(14-20(31-6)22(15)32-7)26-24(27-23(21)30)29(5)12-11-17-9-8-10-18(13-17)25-16(2)28(3)4/h8-14H,1-7H3,(H,26,27,30). The molecule has 168 valence electrons. The van der Waals surface area contributed by atoms with Crippen LogP contribution in [0.3, 0.4) is 0 Å². The summed E-state index contributed by atoms with van der Waals surface area (Å²) in [6.07, 6.45) is 3.79. The molecule has 8 nitrogen and oxygen atoms in total. The van der Waals surface area contributed by atoms with Gasteiger partial charge < -0.3 is 19.3 Å². The second-order valence-corrected chi connectivity index (χ2v) is 7.60. The van der Waals surface area contributed by atoms with E-state index >= 15 is 0 Å². The van der Waals surface area contributed by atoms with Crippen molar-refractivity contribution in [2.45, 2.75) is 13.8 Å². The van der Waals surface area contributed by atoms with Gasteiger partial charge in [-0.1, -0.05) is 12.1 Å². The van der Waals surface area contributed by atoms with Gasteiger partial charge in [0.25, 0.3) is 5.56 Å². The molecule has 1 aromatic heterocycles. The van der Waals surface area contributed by atoms with Crippen molar-refractivity contribution < 1.29 is 9.47 Å². The van der Waals surface area contributed by atoms with Crippen LogP contribution < -0.4 is 19.9 Å². The molecule has 32 heavy (non-hydrogen) atoms. The van der Waals surface area contributed by atoms with Gasteiger partial charge in [0.15, 0.2) is 11.5 Å². The van der Waals surface area contributed by atoms with Crippen LogP contribution in [0.5, 0.6) is 11.5 Å². The normalized spacial score (nSPS) is 11.8. The number of nitrogens with zero attached hydrogens (tertiary/aromatic N) is 4. The van der Waals surface area contributed by atoms with Crippen LogP contribution in [-0.2, 0) is 0 Å². The number of aromatic nitrogens is 2. The molecule has 3 aromatic rings. The van der Waals surface area contributed by atoms with E-state index < -0.39 is 0 Å². The van der Waals surface area contributed by atoms with E-state index in [0.717, 1.165) is 17.1 Å². The van der Waals surface area contributed by atoms with Gasteiger partial charge in [-0.2, -0.15) is 0 Å². The maximum absolute atomic E-state index is 12.8. The molecule has 0 saturated carbocycles. The summed E-state index contributed by atoms with van der Waals surface area (Å²) in [5.41, 5.74) is 2.84. The number of rotatable bonds is 6. The average molecular weight is 436 g/mol. The first-order valence-electron chi connectivity index (χ1n) is 10.1. The second kappa shape index (κ2) is 9.55. The van der Waals surface area contributed by atoms with Gasteiger partial charge in [-0.05, 0) is 37.6 Å². The molecule has 0 amide bonds. The van der Waals surface area contributed by atoms with Crippen LogP contribution in [0.25, 0.3) is 17.0 Å². The average Bonchev–Trinajstić information content (AvgIpc) is 2.76. The number of fused-ring (bicyclic) bond motifs is 1. The molecular formula is C24H29N5O3. The lowest BCUT2D eigenvalue weighted by Gasteiger charge is -2.16.